The Morgan fingerprint density at radius 2 is 1.47 bits per heavy atom. The van der Waals surface area contributed by atoms with Crippen LogP contribution >= 0.6 is 12.0 Å². The van der Waals surface area contributed by atoms with Crippen LogP contribution < -0.4 is 9.40 Å². The molecule has 1 amide bonds. The molecule has 13 nitrogen and oxygen atoms in total. The molecule has 3 N–H and O–H groups in total. The number of nitrogens with zero attached hydrogens (tertiary/aromatic N) is 3. The van der Waals surface area contributed by atoms with Crippen LogP contribution in [0.4, 0.5) is 0 Å². The highest BCUT2D eigenvalue weighted by molar-refractivity contribution is 7.94. The Bertz CT molecular complexity index is 1940. The smallest absolute Gasteiger partial charge is 0.333 e. The quantitative estimate of drug-likeness (QED) is 0.0376. The van der Waals surface area contributed by atoms with Crippen molar-refractivity contribution in [3.8, 4) is 11.8 Å². The fraction of sp³-hybridized carbons (Fsp3) is 0.219. The molecule has 0 atom stereocenters. The molecule has 15 heteroatoms. The molecule has 2 heterocycles. The number of hydrogen-bond donors (Lipinski definition) is 3. The minimum absolute atomic E-state index is 0.0904. The van der Waals surface area contributed by atoms with Gasteiger partial charge in [-0.25, -0.2) is 22.8 Å². The maximum absolute atomic E-state index is 14.6. The lowest BCUT2D eigenvalue weighted by Gasteiger charge is -2.24. The molecule has 2 aromatic heterocycles. The Kier molecular flexibility index (Phi) is 10.6. The normalized spacial score (nSPS) is 11.6. The summed E-state index contributed by atoms with van der Waals surface area (Å²) >= 11 is 0.936. The predicted octanol–water partition coefficient (Wildman–Crippen LogP) is 4.53. The van der Waals surface area contributed by atoms with Gasteiger partial charge in [0, 0.05) is 61.4 Å². The molecule has 0 aliphatic rings. The summed E-state index contributed by atoms with van der Waals surface area (Å²) in [6, 6.07) is 22.8. The average Bonchev–Trinajstić information content (AvgIpc) is 3.38. The third-order valence-electron chi connectivity index (χ3n) is 7.40. The van der Waals surface area contributed by atoms with Crippen LogP contribution in [-0.4, -0.2) is 57.1 Å². The molecule has 0 radical (unpaired) electrons. The predicted molar refractivity (Wildman–Crippen MR) is 172 cm³/mol. The van der Waals surface area contributed by atoms with Gasteiger partial charge < -0.3 is 15.1 Å². The van der Waals surface area contributed by atoms with Crippen molar-refractivity contribution < 1.29 is 52.3 Å². The lowest BCUT2D eigenvalue weighted by Crippen LogP contribution is -2.40. The van der Waals surface area contributed by atoms with E-state index in [1.54, 1.807) is 36.4 Å². The fourth-order valence-electron chi connectivity index (χ4n) is 5.23. The monoisotopic (exact) mass is 682 g/mol. The number of pyridine rings is 1. The maximum atomic E-state index is 14.6. The molecule has 0 fully saturated rings. The summed E-state index contributed by atoms with van der Waals surface area (Å²) in [6.07, 6.45) is 0.171. The van der Waals surface area contributed by atoms with E-state index in [-0.39, 0.29) is 29.8 Å². The Hall–Kier alpha value is -4.67. The molecule has 3 aromatic carbocycles. The molecule has 47 heavy (non-hydrogen) atoms. The second-order valence-corrected chi connectivity index (χ2v) is 13.1. The number of aromatic nitrogens is 2. The van der Waals surface area contributed by atoms with Crippen molar-refractivity contribution in [1.82, 2.24) is 9.04 Å². The summed E-state index contributed by atoms with van der Waals surface area (Å²) in [7, 11) is -4.41. The van der Waals surface area contributed by atoms with E-state index in [1.807, 2.05) is 35.8 Å². The van der Waals surface area contributed by atoms with Crippen molar-refractivity contribution in [3.63, 3.8) is 0 Å². The molecule has 0 saturated heterocycles. The molecular formula is C32H32N3O10S2+. The number of benzene rings is 3. The zero-order chi connectivity index (χ0) is 33.6. The van der Waals surface area contributed by atoms with Gasteiger partial charge in [-0.2, -0.15) is 4.57 Å². The molecule has 0 aliphatic heterocycles. The van der Waals surface area contributed by atoms with Crippen LogP contribution in [0.2, 0.25) is 0 Å². The highest BCUT2D eigenvalue weighted by atomic mass is 32.2. The Labute approximate surface area is 274 Å². The minimum atomic E-state index is -4.41. The highest BCUT2D eigenvalue weighted by Gasteiger charge is 2.34. The second-order valence-electron chi connectivity index (χ2n) is 10.5. The Morgan fingerprint density at radius 3 is 2.06 bits per heavy atom. The molecule has 5 aromatic rings. The number of fused-ring (bicyclic) bond motifs is 2. The molecule has 0 aliphatic carbocycles. The summed E-state index contributed by atoms with van der Waals surface area (Å²) in [6.45, 7) is 1.96. The highest BCUT2D eigenvalue weighted by Crippen LogP contribution is 2.29. The first-order valence-corrected chi connectivity index (χ1v) is 16.9. The average molecular weight is 683 g/mol. The van der Waals surface area contributed by atoms with Gasteiger partial charge >= 0.3 is 5.97 Å². The van der Waals surface area contributed by atoms with Crippen LogP contribution in [0.3, 0.4) is 0 Å². The summed E-state index contributed by atoms with van der Waals surface area (Å²) in [5.74, 6) is -2.14. The molecular weight excluding hydrogens is 650 g/mol. The number of aryl methyl sites for hydroxylation is 2. The van der Waals surface area contributed by atoms with Crippen LogP contribution in [0.15, 0.2) is 89.8 Å². The van der Waals surface area contributed by atoms with Crippen LogP contribution in [-0.2, 0) is 30.7 Å². The molecule has 5 rings (SSSR count). The fourth-order valence-corrected chi connectivity index (χ4v) is 7.00. The van der Waals surface area contributed by atoms with Crippen LogP contribution in [0.25, 0.3) is 21.8 Å². The van der Waals surface area contributed by atoms with E-state index in [1.165, 1.54) is 12.1 Å². The van der Waals surface area contributed by atoms with Crippen molar-refractivity contribution in [2.45, 2.75) is 37.6 Å². The number of rotatable bonds is 14. The minimum Gasteiger partial charge on any atom is -0.492 e. The molecule has 0 saturated carbocycles. The van der Waals surface area contributed by atoms with Crippen molar-refractivity contribution in [2.24, 2.45) is 0 Å². The summed E-state index contributed by atoms with van der Waals surface area (Å²) in [5.41, 5.74) is 2.40. The molecule has 0 unspecified atom stereocenters. The van der Waals surface area contributed by atoms with Gasteiger partial charge in [-0.05, 0) is 37.6 Å². The van der Waals surface area contributed by atoms with Gasteiger partial charge in [-0.3, -0.25) is 4.79 Å². The third kappa shape index (κ3) is 7.34. The first-order valence-electron chi connectivity index (χ1n) is 14.5. The molecule has 0 spiro atoms. The second kappa shape index (κ2) is 14.8. The van der Waals surface area contributed by atoms with E-state index in [9.17, 15) is 28.2 Å². The number of carbonyl (C=O) groups excluding carboxylic acids is 2. The van der Waals surface area contributed by atoms with E-state index in [2.05, 4.69) is 9.37 Å². The Balaban J connectivity index is 1.54. The largest absolute Gasteiger partial charge is 0.492 e. The van der Waals surface area contributed by atoms with Crippen LogP contribution in [0, 0.1) is 6.92 Å². The van der Waals surface area contributed by atoms with Crippen LogP contribution in [0.1, 0.15) is 35.2 Å². The first-order chi connectivity index (χ1) is 22.6. The number of hydrogen-bond acceptors (Lipinski definition) is 11. The first kappa shape index (κ1) is 33.7. The van der Waals surface area contributed by atoms with Crippen LogP contribution in [0.5, 0.6) is 11.8 Å². The summed E-state index contributed by atoms with van der Waals surface area (Å²) < 4.78 is 36.1. The van der Waals surface area contributed by atoms with E-state index in [4.69, 9.17) is 10.1 Å². The number of para-hydroxylation sites is 2. The zero-order valence-electron chi connectivity index (χ0n) is 25.2. The van der Waals surface area contributed by atoms with Gasteiger partial charge in [0.05, 0.1) is 21.2 Å². The standard InChI is InChI=1S/C32H31N3O10S2/c1-22-13-15-23(16-14-22)47(41,42)34(20-6-12-30(38)43-35-28(36)17-18-29(35)37)32(39)31-24-8-2-4-10-26(24)33(19-7-21-46-45-44-40)27-11-5-3-9-25(27)31/h2-5,8-11,13-18,39-40H,6-7,12,19-21H2,1H3/p+1. The topological polar surface area (TPSA) is 169 Å². The number of carbonyl (C=O) groups is 2. The van der Waals surface area contributed by atoms with E-state index >= 15 is 0 Å². The third-order valence-corrected chi connectivity index (χ3v) is 9.81. The lowest BCUT2D eigenvalue weighted by molar-refractivity contribution is -0.645. The van der Waals surface area contributed by atoms with Gasteiger partial charge in [0.15, 0.2) is 6.54 Å². The zero-order valence-corrected chi connectivity index (χ0v) is 26.8. The van der Waals surface area contributed by atoms with Crippen molar-refractivity contribution >= 4 is 55.7 Å². The van der Waals surface area contributed by atoms with E-state index in [0.717, 1.165) is 34.0 Å². The van der Waals surface area contributed by atoms with Crippen molar-refractivity contribution in [3.05, 3.63) is 96.1 Å². The van der Waals surface area contributed by atoms with Gasteiger partial charge in [0.25, 0.3) is 15.9 Å². The van der Waals surface area contributed by atoms with Gasteiger partial charge in [0.2, 0.25) is 22.8 Å². The summed E-state index contributed by atoms with van der Waals surface area (Å²) in [5, 5.41) is 32.7. The molecule has 246 valence electrons. The number of amides is 1. The van der Waals surface area contributed by atoms with Crippen molar-refractivity contribution in [1.29, 1.82) is 0 Å². The van der Waals surface area contributed by atoms with Gasteiger partial charge in [-0.1, -0.05) is 47.0 Å². The Morgan fingerprint density at radius 1 is 0.872 bits per heavy atom. The van der Waals surface area contributed by atoms with Crippen molar-refractivity contribution in [2.75, 3.05) is 12.3 Å². The van der Waals surface area contributed by atoms with Gasteiger partial charge in [0.1, 0.15) is 0 Å². The van der Waals surface area contributed by atoms with E-state index < -0.39 is 33.7 Å². The molecule has 0 bridgehead atoms. The number of sulfonamides is 1. The number of aromatic hydroxyl groups is 2. The van der Waals surface area contributed by atoms with Gasteiger partial charge in [-0.15, -0.1) is 9.06 Å². The SMILES string of the molecule is Cc1ccc(S(=O)(=O)N(CCCC(=O)On2c(O)ccc2O)C(=O)c2c3ccccc3[n+](CCCSOOO)c3ccccc23)cc1. The van der Waals surface area contributed by atoms with E-state index in [0.29, 0.717) is 45.3 Å². The summed E-state index contributed by atoms with van der Waals surface area (Å²) in [4.78, 5) is 32.1. The maximum Gasteiger partial charge on any atom is 0.333 e. The lowest BCUT2D eigenvalue weighted by atomic mass is 10.0.